The van der Waals surface area contributed by atoms with E-state index in [0.29, 0.717) is 0 Å². The van der Waals surface area contributed by atoms with Gasteiger partial charge in [0.15, 0.2) is 0 Å². The van der Waals surface area contributed by atoms with E-state index >= 15 is 0 Å². The molecule has 0 aliphatic rings. The van der Waals surface area contributed by atoms with Gasteiger partial charge in [0, 0.05) is 0 Å². The Morgan fingerprint density at radius 1 is 1.40 bits per heavy atom. The Morgan fingerprint density at radius 3 is 1.90 bits per heavy atom. The molecule has 8 heteroatoms. The number of aliphatic hydroxyl groups excluding tert-OH is 1. The standard InChI is InChI=1S/C2H6O7Si/c3-1(4)2(5,6)9-10(7)8/h1,3-7H. The minimum atomic E-state index is -3.61. The van der Waals surface area contributed by atoms with Gasteiger partial charge in [-0.05, 0) is 0 Å². The second-order valence-electron chi connectivity index (χ2n) is 1.40. The molecule has 0 spiro atoms. The van der Waals surface area contributed by atoms with Gasteiger partial charge in [-0.3, -0.25) is 4.46 Å². The van der Waals surface area contributed by atoms with Crippen LogP contribution in [0.15, 0.2) is 0 Å². The molecule has 0 bridgehead atoms. The van der Waals surface area contributed by atoms with Crippen molar-refractivity contribution in [3.63, 3.8) is 0 Å². The molecule has 0 saturated heterocycles. The van der Waals surface area contributed by atoms with Crippen LogP contribution in [0.2, 0.25) is 0 Å². The zero-order chi connectivity index (χ0) is 8.36. The van der Waals surface area contributed by atoms with Crippen LogP contribution in [0.1, 0.15) is 0 Å². The third-order valence-electron chi connectivity index (χ3n) is 0.574. The zero-order valence-corrected chi connectivity index (χ0v) is 5.63. The summed E-state index contributed by atoms with van der Waals surface area (Å²) in [5.74, 6) is -3.38. The first kappa shape index (κ1) is 9.46. The van der Waals surface area contributed by atoms with E-state index in [2.05, 4.69) is 4.43 Å². The molecule has 0 aliphatic carbocycles. The lowest BCUT2D eigenvalue weighted by molar-refractivity contribution is -0.387. The molecule has 0 fully saturated rings. The van der Waals surface area contributed by atoms with E-state index in [-0.39, 0.29) is 0 Å². The Labute approximate surface area is 56.6 Å². The normalized spacial score (nSPS) is 11.7. The quantitative estimate of drug-likeness (QED) is 0.218. The van der Waals surface area contributed by atoms with Gasteiger partial charge in [0.2, 0.25) is 6.29 Å². The fraction of sp³-hybridized carbons (Fsp3) is 1.00. The largest absolute Gasteiger partial charge is 0.768 e. The SMILES string of the molecule is O=[Si](O)OC(O)(O)C(O)O. The van der Waals surface area contributed by atoms with Crippen LogP contribution in [-0.2, 0) is 8.89 Å². The molecule has 0 aromatic carbocycles. The lowest BCUT2D eigenvalue weighted by Crippen LogP contribution is -2.46. The highest BCUT2D eigenvalue weighted by Crippen LogP contribution is 2.04. The summed E-state index contributed by atoms with van der Waals surface area (Å²) >= 11 is 0. The smallest absolute Gasteiger partial charge is 0.511 e. The molecular formula is C2H6O7Si. The molecular weight excluding hydrogens is 164 g/mol. The predicted octanol–water partition coefficient (Wildman–Crippen LogP) is -3.64. The molecule has 0 aromatic heterocycles. The molecule has 5 N–H and O–H groups in total. The van der Waals surface area contributed by atoms with Gasteiger partial charge in [-0.15, -0.1) is 0 Å². The monoisotopic (exact) mass is 170 g/mol. The van der Waals surface area contributed by atoms with E-state index in [1.165, 1.54) is 0 Å². The van der Waals surface area contributed by atoms with E-state index in [9.17, 15) is 4.46 Å². The van der Waals surface area contributed by atoms with Gasteiger partial charge in [-0.2, -0.15) is 0 Å². The highest BCUT2D eigenvalue weighted by atomic mass is 28.3. The van der Waals surface area contributed by atoms with Crippen LogP contribution < -0.4 is 0 Å². The van der Waals surface area contributed by atoms with Crippen molar-refractivity contribution < 1.29 is 34.1 Å². The maximum Gasteiger partial charge on any atom is 0.768 e. The van der Waals surface area contributed by atoms with Gasteiger partial charge in [0.05, 0.1) is 0 Å². The zero-order valence-electron chi connectivity index (χ0n) is 4.63. The summed E-state index contributed by atoms with van der Waals surface area (Å²) in [7, 11) is -3.61. The van der Waals surface area contributed by atoms with Crippen molar-refractivity contribution in [2.75, 3.05) is 0 Å². The maximum atomic E-state index is 9.74. The molecule has 0 saturated carbocycles. The third kappa shape index (κ3) is 2.84. The summed E-state index contributed by atoms with van der Waals surface area (Å²) in [6.07, 6.45) is -2.64. The molecule has 7 nitrogen and oxygen atoms in total. The van der Waals surface area contributed by atoms with Crippen molar-refractivity contribution in [2.24, 2.45) is 0 Å². The number of rotatable bonds is 3. The van der Waals surface area contributed by atoms with Gasteiger partial charge >= 0.3 is 15.1 Å². The highest BCUT2D eigenvalue weighted by Gasteiger charge is 2.37. The van der Waals surface area contributed by atoms with E-state index in [4.69, 9.17) is 25.2 Å². The van der Waals surface area contributed by atoms with Crippen LogP contribution in [0, 0.1) is 0 Å². The Morgan fingerprint density at radius 2 is 1.80 bits per heavy atom. The lowest BCUT2D eigenvalue weighted by Gasteiger charge is -2.20. The number of aliphatic hydroxyl groups is 4. The van der Waals surface area contributed by atoms with Crippen molar-refractivity contribution in [1.82, 2.24) is 0 Å². The summed E-state index contributed by atoms with van der Waals surface area (Å²) in [6.45, 7) is 0. The summed E-state index contributed by atoms with van der Waals surface area (Å²) in [5, 5.41) is 32.6. The Bertz CT molecular complexity index is 130. The number of hydrogen-bond donors (Lipinski definition) is 5. The molecule has 0 atom stereocenters. The van der Waals surface area contributed by atoms with Gasteiger partial charge in [-0.25, -0.2) is 0 Å². The molecule has 0 heterocycles. The Hall–Kier alpha value is -0.543. The molecule has 10 heavy (non-hydrogen) atoms. The predicted molar refractivity (Wildman–Crippen MR) is 25.1 cm³/mol. The third-order valence-corrected chi connectivity index (χ3v) is 1.05. The average Bonchev–Trinajstić information content (AvgIpc) is 1.60. The van der Waals surface area contributed by atoms with E-state index < -0.39 is 21.4 Å². The first-order chi connectivity index (χ1) is 4.36. The molecule has 0 aromatic rings. The van der Waals surface area contributed by atoms with Crippen LogP contribution in [0.3, 0.4) is 0 Å². The van der Waals surface area contributed by atoms with Crippen LogP contribution in [-0.4, -0.2) is 46.7 Å². The van der Waals surface area contributed by atoms with Crippen molar-refractivity contribution >= 4 is 9.17 Å². The van der Waals surface area contributed by atoms with Crippen LogP contribution in [0.25, 0.3) is 0 Å². The molecule has 0 aliphatic heterocycles. The minimum absolute atomic E-state index is 2.64. The maximum absolute atomic E-state index is 9.74. The fourth-order valence-electron chi connectivity index (χ4n) is 0.181. The first-order valence-corrected chi connectivity index (χ1v) is 3.35. The summed E-state index contributed by atoms with van der Waals surface area (Å²) in [4.78, 5) is 7.92. The topological polar surface area (TPSA) is 127 Å². The Kier molecular flexibility index (Phi) is 2.87. The van der Waals surface area contributed by atoms with Gasteiger partial charge in [0.1, 0.15) is 0 Å². The lowest BCUT2D eigenvalue weighted by atomic mass is 10.5. The minimum Gasteiger partial charge on any atom is -0.511 e. The second-order valence-corrected chi connectivity index (χ2v) is 2.14. The average molecular weight is 170 g/mol. The molecule has 0 unspecified atom stereocenters. The molecule has 0 amide bonds. The van der Waals surface area contributed by atoms with Gasteiger partial charge < -0.3 is 29.6 Å². The van der Waals surface area contributed by atoms with E-state index in [0.717, 1.165) is 0 Å². The molecule has 0 radical (unpaired) electrons. The van der Waals surface area contributed by atoms with Crippen LogP contribution in [0.5, 0.6) is 0 Å². The number of hydrogen-bond acceptors (Lipinski definition) is 6. The van der Waals surface area contributed by atoms with E-state index in [1.807, 2.05) is 0 Å². The van der Waals surface area contributed by atoms with Gasteiger partial charge in [0.25, 0.3) is 0 Å². The summed E-state index contributed by atoms with van der Waals surface area (Å²) < 4.78 is 13.2. The van der Waals surface area contributed by atoms with Gasteiger partial charge in [-0.1, -0.05) is 0 Å². The Balaban J connectivity index is 3.99. The summed E-state index contributed by atoms with van der Waals surface area (Å²) in [5.41, 5.74) is 0. The first-order valence-electron chi connectivity index (χ1n) is 2.09. The van der Waals surface area contributed by atoms with Crippen molar-refractivity contribution in [3.05, 3.63) is 0 Å². The second kappa shape index (κ2) is 3.03. The van der Waals surface area contributed by atoms with Crippen molar-refractivity contribution in [2.45, 2.75) is 12.3 Å². The van der Waals surface area contributed by atoms with Crippen LogP contribution in [0.4, 0.5) is 0 Å². The summed E-state index contributed by atoms with van der Waals surface area (Å²) in [6, 6.07) is 0. The van der Waals surface area contributed by atoms with Crippen LogP contribution >= 0.6 is 0 Å². The highest BCUT2D eigenvalue weighted by molar-refractivity contribution is 6.24. The molecule has 60 valence electrons. The van der Waals surface area contributed by atoms with E-state index in [1.54, 1.807) is 0 Å². The molecule has 0 rings (SSSR count). The van der Waals surface area contributed by atoms with Crippen molar-refractivity contribution in [1.29, 1.82) is 0 Å². The van der Waals surface area contributed by atoms with Crippen molar-refractivity contribution in [3.8, 4) is 0 Å². The fourth-order valence-corrected chi connectivity index (χ4v) is 0.544.